The first-order valence-electron chi connectivity index (χ1n) is 11.4. The highest BCUT2D eigenvalue weighted by Gasteiger charge is 2.28. The minimum atomic E-state index is -0.390. The van der Waals surface area contributed by atoms with Crippen molar-refractivity contribution in [2.75, 3.05) is 13.1 Å². The first-order chi connectivity index (χ1) is 16.1. The van der Waals surface area contributed by atoms with Crippen molar-refractivity contribution in [1.29, 1.82) is 0 Å². The molecule has 5 rings (SSSR count). The maximum Gasteiger partial charge on any atom is 0.223 e. The summed E-state index contributed by atoms with van der Waals surface area (Å²) >= 11 is 0. The number of hydrogen-bond acceptors (Lipinski definition) is 1. The van der Waals surface area contributed by atoms with Crippen molar-refractivity contribution in [3.8, 4) is 0 Å². The second kappa shape index (κ2) is 9.18. The Bertz CT molecular complexity index is 1270. The standard InChI is InChI=1S/C28H26F2N2O/c29-21-13-11-20(12-14-21)18-32-19-25(23-8-2-4-10-27(23)32)24(22-7-1-3-9-26(22)30)17-28(33)31-15-5-6-16-31/h1-4,7-14,19,24H,5-6,15-18H2. The van der Waals surface area contributed by atoms with E-state index in [1.165, 1.54) is 18.2 Å². The number of carbonyl (C=O) groups excluding carboxylic acids is 1. The van der Waals surface area contributed by atoms with Gasteiger partial charge in [-0.3, -0.25) is 4.79 Å². The largest absolute Gasteiger partial charge is 0.343 e. The van der Waals surface area contributed by atoms with Gasteiger partial charge in [0, 0.05) is 49.1 Å². The Morgan fingerprint density at radius 1 is 0.848 bits per heavy atom. The summed E-state index contributed by atoms with van der Waals surface area (Å²) < 4.78 is 30.5. The number of benzene rings is 3. The lowest BCUT2D eigenvalue weighted by Crippen LogP contribution is -2.29. The summed E-state index contributed by atoms with van der Waals surface area (Å²) in [6.45, 7) is 2.11. The normalized spacial score (nSPS) is 14.7. The summed E-state index contributed by atoms with van der Waals surface area (Å²) in [5.74, 6) is -0.890. The summed E-state index contributed by atoms with van der Waals surface area (Å²) in [5, 5.41) is 1.00. The van der Waals surface area contributed by atoms with E-state index in [0.717, 1.165) is 48.0 Å². The van der Waals surface area contributed by atoms with Gasteiger partial charge in [0.25, 0.3) is 0 Å². The molecule has 0 N–H and O–H groups in total. The van der Waals surface area contributed by atoms with Gasteiger partial charge in [0.05, 0.1) is 0 Å². The number of likely N-dealkylation sites (tertiary alicyclic amines) is 1. The van der Waals surface area contributed by atoms with E-state index in [4.69, 9.17) is 0 Å². The van der Waals surface area contributed by atoms with Gasteiger partial charge < -0.3 is 9.47 Å². The van der Waals surface area contributed by atoms with Crippen LogP contribution in [-0.2, 0) is 11.3 Å². The first-order valence-corrected chi connectivity index (χ1v) is 11.4. The molecule has 2 heterocycles. The van der Waals surface area contributed by atoms with E-state index in [1.54, 1.807) is 24.3 Å². The monoisotopic (exact) mass is 444 g/mol. The van der Waals surface area contributed by atoms with Gasteiger partial charge in [0.1, 0.15) is 11.6 Å². The Kier molecular flexibility index (Phi) is 5.95. The molecule has 168 valence electrons. The molecule has 3 nitrogen and oxygen atoms in total. The molecule has 0 spiro atoms. The van der Waals surface area contributed by atoms with Gasteiger partial charge in [0.15, 0.2) is 0 Å². The quantitative estimate of drug-likeness (QED) is 0.352. The third-order valence-corrected chi connectivity index (χ3v) is 6.58. The van der Waals surface area contributed by atoms with Gasteiger partial charge in [-0.25, -0.2) is 8.78 Å². The topological polar surface area (TPSA) is 25.2 Å². The van der Waals surface area contributed by atoms with Gasteiger partial charge in [0.2, 0.25) is 5.91 Å². The molecular formula is C28H26F2N2O. The van der Waals surface area contributed by atoms with Crippen LogP contribution < -0.4 is 0 Å². The van der Waals surface area contributed by atoms with Crippen LogP contribution in [0.2, 0.25) is 0 Å². The van der Waals surface area contributed by atoms with Crippen LogP contribution in [0.1, 0.15) is 41.9 Å². The second-order valence-corrected chi connectivity index (χ2v) is 8.72. The van der Waals surface area contributed by atoms with Crippen LogP contribution in [0.4, 0.5) is 8.78 Å². The molecule has 4 aromatic rings. The summed E-state index contributed by atoms with van der Waals surface area (Å²) in [6.07, 6.45) is 4.30. The van der Waals surface area contributed by atoms with Crippen LogP contribution >= 0.6 is 0 Å². The predicted molar refractivity (Wildman–Crippen MR) is 126 cm³/mol. The fourth-order valence-electron chi connectivity index (χ4n) is 4.89. The Labute approximate surface area is 192 Å². The van der Waals surface area contributed by atoms with Gasteiger partial charge in [-0.15, -0.1) is 0 Å². The lowest BCUT2D eigenvalue weighted by molar-refractivity contribution is -0.130. The Hall–Kier alpha value is -3.47. The minimum Gasteiger partial charge on any atom is -0.343 e. The molecule has 1 fully saturated rings. The average Bonchev–Trinajstić information content (AvgIpc) is 3.49. The molecule has 5 heteroatoms. The van der Waals surface area contributed by atoms with Crippen molar-refractivity contribution in [2.24, 2.45) is 0 Å². The smallest absolute Gasteiger partial charge is 0.223 e. The van der Waals surface area contributed by atoms with Crippen molar-refractivity contribution in [3.05, 3.63) is 107 Å². The zero-order chi connectivity index (χ0) is 22.8. The van der Waals surface area contributed by atoms with Crippen LogP contribution in [-0.4, -0.2) is 28.5 Å². The number of aromatic nitrogens is 1. The third kappa shape index (κ3) is 4.40. The van der Waals surface area contributed by atoms with E-state index < -0.39 is 5.92 Å². The molecule has 1 aliphatic heterocycles. The van der Waals surface area contributed by atoms with Crippen LogP contribution in [0.3, 0.4) is 0 Å². The van der Waals surface area contributed by atoms with Crippen molar-refractivity contribution >= 4 is 16.8 Å². The van der Waals surface area contributed by atoms with Crippen LogP contribution in [0.15, 0.2) is 79.0 Å². The number of halogens is 2. The van der Waals surface area contributed by atoms with E-state index in [9.17, 15) is 13.6 Å². The number of hydrogen-bond donors (Lipinski definition) is 0. The Balaban J connectivity index is 1.58. The van der Waals surface area contributed by atoms with Crippen molar-refractivity contribution in [2.45, 2.75) is 31.7 Å². The Morgan fingerprint density at radius 3 is 2.30 bits per heavy atom. The van der Waals surface area contributed by atoms with Crippen LogP contribution in [0, 0.1) is 11.6 Å². The molecule has 0 aliphatic carbocycles. The van der Waals surface area contributed by atoms with Crippen molar-refractivity contribution < 1.29 is 13.6 Å². The van der Waals surface area contributed by atoms with E-state index in [-0.39, 0.29) is 24.0 Å². The number of fused-ring (bicyclic) bond motifs is 1. The van der Waals surface area contributed by atoms with Gasteiger partial charge in [-0.2, -0.15) is 0 Å². The molecule has 0 bridgehead atoms. The molecule has 1 saturated heterocycles. The van der Waals surface area contributed by atoms with E-state index in [1.807, 2.05) is 41.4 Å². The molecule has 33 heavy (non-hydrogen) atoms. The Morgan fingerprint density at radius 2 is 1.55 bits per heavy atom. The second-order valence-electron chi connectivity index (χ2n) is 8.72. The fraction of sp³-hybridized carbons (Fsp3) is 0.250. The molecule has 0 saturated carbocycles. The van der Waals surface area contributed by atoms with Crippen LogP contribution in [0.5, 0.6) is 0 Å². The lowest BCUT2D eigenvalue weighted by atomic mass is 9.87. The molecular weight excluding hydrogens is 418 g/mol. The summed E-state index contributed by atoms with van der Waals surface area (Å²) in [6, 6.07) is 21.2. The highest BCUT2D eigenvalue weighted by molar-refractivity contribution is 5.87. The molecule has 0 radical (unpaired) electrons. The molecule has 1 amide bonds. The predicted octanol–water partition coefficient (Wildman–Crippen LogP) is 6.11. The number of amides is 1. The highest BCUT2D eigenvalue weighted by Crippen LogP contribution is 2.37. The van der Waals surface area contributed by atoms with E-state index in [0.29, 0.717) is 12.1 Å². The average molecular weight is 445 g/mol. The number of para-hydroxylation sites is 1. The fourth-order valence-corrected chi connectivity index (χ4v) is 4.89. The molecule has 1 aliphatic rings. The molecule has 3 aromatic carbocycles. The number of carbonyl (C=O) groups is 1. The minimum absolute atomic E-state index is 0.0659. The van der Waals surface area contributed by atoms with Gasteiger partial charge in [-0.05, 0) is 53.8 Å². The highest BCUT2D eigenvalue weighted by atomic mass is 19.1. The van der Waals surface area contributed by atoms with Gasteiger partial charge >= 0.3 is 0 Å². The summed E-state index contributed by atoms with van der Waals surface area (Å²) in [5.41, 5.74) is 3.45. The zero-order valence-corrected chi connectivity index (χ0v) is 18.4. The van der Waals surface area contributed by atoms with Crippen molar-refractivity contribution in [3.63, 3.8) is 0 Å². The molecule has 1 aromatic heterocycles. The zero-order valence-electron chi connectivity index (χ0n) is 18.4. The van der Waals surface area contributed by atoms with Gasteiger partial charge in [-0.1, -0.05) is 48.5 Å². The number of rotatable bonds is 6. The summed E-state index contributed by atoms with van der Waals surface area (Å²) in [4.78, 5) is 15.0. The molecule has 1 unspecified atom stereocenters. The van der Waals surface area contributed by atoms with E-state index in [2.05, 4.69) is 4.57 Å². The SMILES string of the molecule is O=C(CC(c1ccccc1F)c1cn(Cc2ccc(F)cc2)c2ccccc12)N1CCCC1. The third-order valence-electron chi connectivity index (χ3n) is 6.58. The summed E-state index contributed by atoms with van der Waals surface area (Å²) in [7, 11) is 0. The van der Waals surface area contributed by atoms with Crippen LogP contribution in [0.25, 0.3) is 10.9 Å². The maximum atomic E-state index is 15.0. The maximum absolute atomic E-state index is 15.0. The van der Waals surface area contributed by atoms with Crippen molar-refractivity contribution in [1.82, 2.24) is 9.47 Å². The number of nitrogens with zero attached hydrogens (tertiary/aromatic N) is 2. The molecule has 1 atom stereocenters. The lowest BCUT2D eigenvalue weighted by Gasteiger charge is -2.22. The van der Waals surface area contributed by atoms with E-state index >= 15 is 0 Å². The first kappa shape index (κ1) is 21.4.